The standard InChI is InChI=1S/C26H32N4O4S/c1-26(2,3)34-24(31)23-9-8-22(35-23)21-10-11-27-25(29-21)28-19-6-4-7-20(18-19)33-15-5-12-30-13-16-32-17-14-30/h4,6-11,18H,5,12-17H2,1-3H3,(H,27,28,29). The Balaban J connectivity index is 1.33. The van der Waals surface area contributed by atoms with E-state index >= 15 is 0 Å². The molecule has 4 rings (SSSR count). The Hall–Kier alpha value is -3.01. The van der Waals surface area contributed by atoms with Gasteiger partial charge in [-0.05, 0) is 57.5 Å². The van der Waals surface area contributed by atoms with Crippen molar-refractivity contribution in [2.45, 2.75) is 32.8 Å². The first-order valence-corrected chi connectivity index (χ1v) is 12.6. The van der Waals surface area contributed by atoms with Crippen molar-refractivity contribution in [1.82, 2.24) is 14.9 Å². The highest BCUT2D eigenvalue weighted by atomic mass is 32.1. The summed E-state index contributed by atoms with van der Waals surface area (Å²) in [5, 5.41) is 3.25. The van der Waals surface area contributed by atoms with Gasteiger partial charge in [-0.2, -0.15) is 0 Å². The lowest BCUT2D eigenvalue weighted by molar-refractivity contribution is 0.00752. The van der Waals surface area contributed by atoms with Gasteiger partial charge in [0, 0.05) is 37.6 Å². The van der Waals surface area contributed by atoms with Crippen LogP contribution < -0.4 is 10.1 Å². The fourth-order valence-corrected chi connectivity index (χ4v) is 4.42. The summed E-state index contributed by atoms with van der Waals surface area (Å²) in [5.74, 6) is 0.940. The normalized spacial score (nSPS) is 14.5. The van der Waals surface area contributed by atoms with Crippen molar-refractivity contribution in [3.8, 4) is 16.3 Å². The van der Waals surface area contributed by atoms with Crippen molar-refractivity contribution < 1.29 is 19.0 Å². The van der Waals surface area contributed by atoms with Crippen LogP contribution in [0.2, 0.25) is 0 Å². The number of morpholine rings is 1. The van der Waals surface area contributed by atoms with E-state index in [1.807, 2.05) is 57.2 Å². The highest BCUT2D eigenvalue weighted by molar-refractivity contribution is 7.17. The van der Waals surface area contributed by atoms with Crippen molar-refractivity contribution in [3.63, 3.8) is 0 Å². The summed E-state index contributed by atoms with van der Waals surface area (Å²) in [4.78, 5) is 25.1. The van der Waals surface area contributed by atoms with Crippen LogP contribution in [0.15, 0.2) is 48.7 Å². The van der Waals surface area contributed by atoms with Crippen molar-refractivity contribution in [2.24, 2.45) is 0 Å². The molecule has 0 aliphatic carbocycles. The molecule has 0 amide bonds. The summed E-state index contributed by atoms with van der Waals surface area (Å²) in [6, 6.07) is 13.2. The number of thiophene rings is 1. The monoisotopic (exact) mass is 496 g/mol. The number of hydrogen-bond acceptors (Lipinski definition) is 9. The maximum atomic E-state index is 12.3. The lowest BCUT2D eigenvalue weighted by atomic mass is 10.2. The van der Waals surface area contributed by atoms with Gasteiger partial charge < -0.3 is 19.5 Å². The predicted octanol–water partition coefficient (Wildman–Crippen LogP) is 5.01. The molecule has 1 N–H and O–H groups in total. The van der Waals surface area contributed by atoms with Crippen LogP contribution >= 0.6 is 11.3 Å². The zero-order chi connectivity index (χ0) is 24.7. The van der Waals surface area contributed by atoms with E-state index in [4.69, 9.17) is 14.2 Å². The third kappa shape index (κ3) is 7.74. The first kappa shape index (κ1) is 25.1. The minimum absolute atomic E-state index is 0.331. The topological polar surface area (TPSA) is 85.8 Å². The molecule has 0 atom stereocenters. The lowest BCUT2D eigenvalue weighted by Crippen LogP contribution is -2.37. The highest BCUT2D eigenvalue weighted by Gasteiger charge is 2.20. The summed E-state index contributed by atoms with van der Waals surface area (Å²) in [7, 11) is 0. The van der Waals surface area contributed by atoms with Crippen LogP contribution in [0.1, 0.15) is 36.9 Å². The molecule has 3 aromatic rings. The largest absolute Gasteiger partial charge is 0.493 e. The van der Waals surface area contributed by atoms with E-state index in [9.17, 15) is 4.79 Å². The molecule has 1 fully saturated rings. The average molecular weight is 497 g/mol. The second-order valence-electron chi connectivity index (χ2n) is 9.24. The molecule has 0 radical (unpaired) electrons. The number of carbonyl (C=O) groups excluding carboxylic acids is 1. The molecule has 186 valence electrons. The van der Waals surface area contributed by atoms with Gasteiger partial charge in [0.05, 0.1) is 30.4 Å². The Morgan fingerprint density at radius 3 is 2.80 bits per heavy atom. The molecule has 0 spiro atoms. The van der Waals surface area contributed by atoms with Gasteiger partial charge in [-0.3, -0.25) is 4.90 Å². The summed E-state index contributed by atoms with van der Waals surface area (Å²) in [6.45, 7) is 10.8. The van der Waals surface area contributed by atoms with E-state index in [0.29, 0.717) is 17.4 Å². The smallest absolute Gasteiger partial charge is 0.348 e. The van der Waals surface area contributed by atoms with Crippen LogP contribution in [0.25, 0.3) is 10.6 Å². The Morgan fingerprint density at radius 1 is 1.17 bits per heavy atom. The second-order valence-corrected chi connectivity index (χ2v) is 10.3. The highest BCUT2D eigenvalue weighted by Crippen LogP contribution is 2.29. The molecular weight excluding hydrogens is 464 g/mol. The van der Waals surface area contributed by atoms with E-state index < -0.39 is 5.60 Å². The minimum Gasteiger partial charge on any atom is -0.493 e. The van der Waals surface area contributed by atoms with Crippen LogP contribution in [0.3, 0.4) is 0 Å². The van der Waals surface area contributed by atoms with Gasteiger partial charge in [0.1, 0.15) is 16.2 Å². The molecule has 1 saturated heterocycles. The second kappa shape index (κ2) is 11.6. The maximum Gasteiger partial charge on any atom is 0.348 e. The SMILES string of the molecule is CC(C)(C)OC(=O)c1ccc(-c2ccnc(Nc3cccc(OCCCN4CCOCC4)c3)n2)s1. The maximum absolute atomic E-state index is 12.3. The summed E-state index contributed by atoms with van der Waals surface area (Å²) in [5.41, 5.74) is 1.04. The molecule has 1 aliphatic heterocycles. The number of rotatable bonds is 9. The molecule has 1 aromatic carbocycles. The zero-order valence-corrected chi connectivity index (χ0v) is 21.3. The van der Waals surface area contributed by atoms with Gasteiger partial charge in [0.2, 0.25) is 5.95 Å². The summed E-state index contributed by atoms with van der Waals surface area (Å²) >= 11 is 1.35. The minimum atomic E-state index is -0.533. The van der Waals surface area contributed by atoms with Gasteiger partial charge >= 0.3 is 5.97 Å². The molecule has 3 heterocycles. The lowest BCUT2D eigenvalue weighted by Gasteiger charge is -2.26. The molecule has 8 nitrogen and oxygen atoms in total. The molecule has 2 aromatic heterocycles. The van der Waals surface area contributed by atoms with Crippen molar-refractivity contribution in [1.29, 1.82) is 0 Å². The number of anilines is 2. The van der Waals surface area contributed by atoms with Crippen molar-refractivity contribution in [2.75, 3.05) is 44.8 Å². The number of esters is 1. The van der Waals surface area contributed by atoms with Gasteiger partial charge in [-0.15, -0.1) is 11.3 Å². The number of hydrogen-bond donors (Lipinski definition) is 1. The summed E-state index contributed by atoms with van der Waals surface area (Å²) < 4.78 is 16.8. The first-order chi connectivity index (χ1) is 16.9. The average Bonchev–Trinajstić information content (AvgIpc) is 3.33. The predicted molar refractivity (Wildman–Crippen MR) is 138 cm³/mol. The van der Waals surface area contributed by atoms with Crippen LogP contribution in [0.5, 0.6) is 5.75 Å². The van der Waals surface area contributed by atoms with Crippen LogP contribution in [-0.2, 0) is 9.47 Å². The molecule has 0 saturated carbocycles. The first-order valence-electron chi connectivity index (χ1n) is 11.8. The van der Waals surface area contributed by atoms with Gasteiger partial charge in [0.15, 0.2) is 0 Å². The van der Waals surface area contributed by atoms with E-state index in [2.05, 4.69) is 20.2 Å². The van der Waals surface area contributed by atoms with Crippen LogP contribution in [0.4, 0.5) is 11.6 Å². The van der Waals surface area contributed by atoms with Crippen LogP contribution in [0, 0.1) is 0 Å². The van der Waals surface area contributed by atoms with E-state index in [1.165, 1.54) is 11.3 Å². The fourth-order valence-electron chi connectivity index (χ4n) is 3.57. The molecule has 35 heavy (non-hydrogen) atoms. The van der Waals surface area contributed by atoms with Crippen molar-refractivity contribution >= 4 is 28.9 Å². The zero-order valence-electron chi connectivity index (χ0n) is 20.5. The summed E-state index contributed by atoms with van der Waals surface area (Å²) in [6.07, 6.45) is 2.67. The Kier molecular flexibility index (Phi) is 8.33. The number of aromatic nitrogens is 2. The Morgan fingerprint density at radius 2 is 2.00 bits per heavy atom. The number of nitrogens with zero attached hydrogens (tertiary/aromatic N) is 3. The number of benzene rings is 1. The molecule has 0 bridgehead atoms. The molecule has 9 heteroatoms. The van der Waals surface area contributed by atoms with Crippen molar-refractivity contribution in [3.05, 3.63) is 53.5 Å². The number of ether oxygens (including phenoxy) is 3. The van der Waals surface area contributed by atoms with Gasteiger partial charge in [-0.1, -0.05) is 6.07 Å². The quantitative estimate of drug-likeness (QED) is 0.327. The van der Waals surface area contributed by atoms with Gasteiger partial charge in [0.25, 0.3) is 0 Å². The Bertz CT molecular complexity index is 1120. The van der Waals surface area contributed by atoms with E-state index in [1.54, 1.807) is 12.3 Å². The van der Waals surface area contributed by atoms with Crippen LogP contribution in [-0.4, -0.2) is 65.9 Å². The molecular formula is C26H32N4O4S. The molecule has 0 unspecified atom stereocenters. The molecule has 1 aliphatic rings. The third-order valence-corrected chi connectivity index (χ3v) is 6.28. The number of carbonyl (C=O) groups is 1. The Labute approximate surface area is 210 Å². The fraction of sp³-hybridized carbons (Fsp3) is 0.423. The van der Waals surface area contributed by atoms with Gasteiger partial charge in [-0.25, -0.2) is 14.8 Å². The third-order valence-electron chi connectivity index (χ3n) is 5.20. The van der Waals surface area contributed by atoms with E-state index in [0.717, 1.165) is 61.3 Å². The van der Waals surface area contributed by atoms with E-state index in [-0.39, 0.29) is 5.97 Å². The number of nitrogens with one attached hydrogen (secondary N) is 1.